The number of carbonyl (C=O) groups excluding carboxylic acids is 1. The molecule has 5 heteroatoms. The van der Waals surface area contributed by atoms with Crippen LogP contribution in [0.15, 0.2) is 12.7 Å². The van der Waals surface area contributed by atoms with Crippen molar-refractivity contribution in [2.45, 2.75) is 26.4 Å². The highest BCUT2D eigenvalue weighted by atomic mass is 16.5. The second kappa shape index (κ2) is 5.50. The van der Waals surface area contributed by atoms with E-state index in [0.29, 0.717) is 0 Å². The lowest BCUT2D eigenvalue weighted by molar-refractivity contribution is -0.172. The molecular weight excluding hydrogens is 200 g/mol. The first-order valence-corrected chi connectivity index (χ1v) is 4.59. The molecule has 0 heterocycles. The predicted octanol–water partition coefficient (Wildman–Crippen LogP) is 0.577. The van der Waals surface area contributed by atoms with Crippen LogP contribution in [0, 0.1) is 5.41 Å². The van der Waals surface area contributed by atoms with E-state index in [1.807, 2.05) is 0 Å². The van der Waals surface area contributed by atoms with Crippen LogP contribution in [-0.4, -0.2) is 34.9 Å². The number of esters is 1. The van der Waals surface area contributed by atoms with Crippen LogP contribution in [-0.2, 0) is 14.3 Å². The van der Waals surface area contributed by atoms with Gasteiger partial charge in [0.25, 0.3) is 0 Å². The minimum atomic E-state index is -1.80. The Labute approximate surface area is 88.4 Å². The summed E-state index contributed by atoms with van der Waals surface area (Å²) in [4.78, 5) is 22.1. The van der Waals surface area contributed by atoms with Crippen LogP contribution >= 0.6 is 0 Å². The highest BCUT2D eigenvalue weighted by Crippen LogP contribution is 2.28. The molecule has 86 valence electrons. The number of ether oxygens (including phenoxy) is 1. The van der Waals surface area contributed by atoms with Gasteiger partial charge in [-0.25, -0.2) is 4.79 Å². The van der Waals surface area contributed by atoms with Crippen LogP contribution in [0.4, 0.5) is 0 Å². The summed E-state index contributed by atoms with van der Waals surface area (Å²) in [6, 6.07) is 0. The average Bonchev–Trinajstić information content (AvgIpc) is 2.17. The zero-order valence-electron chi connectivity index (χ0n) is 8.90. The molecule has 0 fully saturated rings. The second-order valence-electron chi connectivity index (χ2n) is 3.37. The molecule has 0 saturated heterocycles. The van der Waals surface area contributed by atoms with Crippen molar-refractivity contribution >= 4 is 11.9 Å². The van der Waals surface area contributed by atoms with Crippen molar-refractivity contribution in [2.24, 2.45) is 5.41 Å². The molecular formula is C10H16O5. The molecule has 15 heavy (non-hydrogen) atoms. The molecule has 0 aromatic rings. The quantitative estimate of drug-likeness (QED) is 0.501. The van der Waals surface area contributed by atoms with E-state index in [9.17, 15) is 14.7 Å². The first-order chi connectivity index (χ1) is 6.90. The number of hydrogen-bond donors (Lipinski definition) is 2. The number of rotatable bonds is 6. The van der Waals surface area contributed by atoms with Gasteiger partial charge in [0.15, 0.2) is 6.10 Å². The van der Waals surface area contributed by atoms with Gasteiger partial charge in [-0.05, 0) is 20.3 Å². The van der Waals surface area contributed by atoms with Crippen molar-refractivity contribution in [2.75, 3.05) is 6.61 Å². The van der Waals surface area contributed by atoms with Gasteiger partial charge in [-0.3, -0.25) is 4.79 Å². The monoisotopic (exact) mass is 216 g/mol. The van der Waals surface area contributed by atoms with Crippen molar-refractivity contribution in [3.63, 3.8) is 0 Å². The summed E-state index contributed by atoms with van der Waals surface area (Å²) in [5.41, 5.74) is -1.48. The predicted molar refractivity (Wildman–Crippen MR) is 53.2 cm³/mol. The molecule has 0 aliphatic heterocycles. The smallest absolute Gasteiger partial charge is 0.333 e. The molecule has 0 radical (unpaired) electrons. The van der Waals surface area contributed by atoms with Crippen molar-refractivity contribution in [3.05, 3.63) is 12.7 Å². The van der Waals surface area contributed by atoms with E-state index in [2.05, 4.69) is 6.58 Å². The van der Waals surface area contributed by atoms with Crippen molar-refractivity contribution in [3.8, 4) is 0 Å². The van der Waals surface area contributed by atoms with E-state index in [0.717, 1.165) is 0 Å². The Morgan fingerprint density at radius 3 is 2.47 bits per heavy atom. The number of aliphatic hydroxyl groups excluding tert-OH is 1. The Morgan fingerprint density at radius 1 is 1.60 bits per heavy atom. The first kappa shape index (κ1) is 13.6. The van der Waals surface area contributed by atoms with E-state index in [4.69, 9.17) is 9.84 Å². The van der Waals surface area contributed by atoms with Crippen LogP contribution in [0.2, 0.25) is 0 Å². The fourth-order valence-corrected chi connectivity index (χ4v) is 1.17. The largest absolute Gasteiger partial charge is 0.479 e. The molecule has 0 aliphatic rings. The van der Waals surface area contributed by atoms with Gasteiger partial charge in [0, 0.05) is 0 Å². The van der Waals surface area contributed by atoms with Gasteiger partial charge in [-0.1, -0.05) is 6.08 Å². The number of aliphatic hydroxyl groups is 1. The summed E-state index contributed by atoms with van der Waals surface area (Å²) >= 11 is 0. The maximum atomic E-state index is 11.5. The summed E-state index contributed by atoms with van der Waals surface area (Å²) in [6.45, 7) is 6.50. The lowest BCUT2D eigenvalue weighted by Gasteiger charge is -2.28. The highest BCUT2D eigenvalue weighted by Gasteiger charge is 2.44. The molecule has 2 atom stereocenters. The van der Waals surface area contributed by atoms with Gasteiger partial charge in [0.1, 0.15) is 5.41 Å². The molecule has 0 aliphatic carbocycles. The maximum absolute atomic E-state index is 11.5. The van der Waals surface area contributed by atoms with E-state index >= 15 is 0 Å². The summed E-state index contributed by atoms with van der Waals surface area (Å²) in [6.07, 6.45) is -0.378. The van der Waals surface area contributed by atoms with Crippen LogP contribution in [0.25, 0.3) is 0 Å². The topological polar surface area (TPSA) is 83.8 Å². The maximum Gasteiger partial charge on any atom is 0.333 e. The van der Waals surface area contributed by atoms with Gasteiger partial charge in [-0.2, -0.15) is 0 Å². The fourth-order valence-electron chi connectivity index (χ4n) is 1.17. The summed E-state index contributed by atoms with van der Waals surface area (Å²) in [7, 11) is 0. The lowest BCUT2D eigenvalue weighted by Crippen LogP contribution is -2.45. The van der Waals surface area contributed by atoms with Gasteiger partial charge in [0.2, 0.25) is 0 Å². The third-order valence-corrected chi connectivity index (χ3v) is 2.15. The molecule has 0 bridgehead atoms. The minimum absolute atomic E-state index is 0.0410. The standard InChI is InChI=1S/C10H16O5/c1-4-6-10(3,7(11)8(12)13)9(14)15-5-2/h4,7,11H,1,5-6H2,2-3H3,(H,12,13)/t7-,10-/m1/s1. The number of carboxylic acids is 1. The van der Waals surface area contributed by atoms with E-state index in [1.54, 1.807) is 6.92 Å². The summed E-state index contributed by atoms with van der Waals surface area (Å²) in [5, 5.41) is 18.1. The summed E-state index contributed by atoms with van der Waals surface area (Å²) < 4.78 is 4.72. The Hall–Kier alpha value is -1.36. The number of allylic oxidation sites excluding steroid dienone is 1. The minimum Gasteiger partial charge on any atom is -0.479 e. The number of aliphatic carboxylic acids is 1. The van der Waals surface area contributed by atoms with Crippen LogP contribution in [0.3, 0.4) is 0 Å². The second-order valence-corrected chi connectivity index (χ2v) is 3.37. The number of carbonyl (C=O) groups is 2. The van der Waals surface area contributed by atoms with Crippen LogP contribution in [0.5, 0.6) is 0 Å². The van der Waals surface area contributed by atoms with Gasteiger partial charge in [0.05, 0.1) is 6.61 Å². The van der Waals surface area contributed by atoms with Crippen LogP contribution < -0.4 is 0 Å². The Balaban J connectivity index is 4.94. The molecule has 5 nitrogen and oxygen atoms in total. The van der Waals surface area contributed by atoms with E-state index in [1.165, 1.54) is 13.0 Å². The lowest BCUT2D eigenvalue weighted by atomic mass is 9.81. The molecule has 2 N–H and O–H groups in total. The third-order valence-electron chi connectivity index (χ3n) is 2.15. The van der Waals surface area contributed by atoms with E-state index in [-0.39, 0.29) is 13.0 Å². The average molecular weight is 216 g/mol. The van der Waals surface area contributed by atoms with E-state index < -0.39 is 23.5 Å². The fraction of sp³-hybridized carbons (Fsp3) is 0.600. The Bertz CT molecular complexity index is 261. The van der Waals surface area contributed by atoms with Crippen molar-refractivity contribution < 1.29 is 24.5 Å². The third kappa shape index (κ3) is 3.06. The van der Waals surface area contributed by atoms with Crippen LogP contribution in [0.1, 0.15) is 20.3 Å². The SMILES string of the molecule is C=CC[C@@](C)(C(=O)OCC)[C@H](O)C(=O)O. The van der Waals surface area contributed by atoms with Gasteiger partial charge >= 0.3 is 11.9 Å². The zero-order valence-corrected chi connectivity index (χ0v) is 8.90. The molecule has 0 rings (SSSR count). The summed E-state index contributed by atoms with van der Waals surface area (Å²) in [5.74, 6) is -2.19. The normalized spacial score (nSPS) is 16.2. The number of carboxylic acid groups (broad SMARTS) is 1. The molecule has 0 amide bonds. The molecule has 0 aromatic carbocycles. The molecule has 0 unspecified atom stereocenters. The van der Waals surface area contributed by atoms with Gasteiger partial charge < -0.3 is 14.9 Å². The zero-order chi connectivity index (χ0) is 12.1. The highest BCUT2D eigenvalue weighted by molar-refractivity contribution is 5.85. The first-order valence-electron chi connectivity index (χ1n) is 4.59. The molecule has 0 aromatic heterocycles. The van der Waals surface area contributed by atoms with Crippen molar-refractivity contribution in [1.82, 2.24) is 0 Å². The van der Waals surface area contributed by atoms with Crippen molar-refractivity contribution in [1.29, 1.82) is 0 Å². The van der Waals surface area contributed by atoms with Gasteiger partial charge in [-0.15, -0.1) is 6.58 Å². The Morgan fingerprint density at radius 2 is 2.13 bits per heavy atom. The molecule has 0 saturated carbocycles. The number of hydrogen-bond acceptors (Lipinski definition) is 4. The molecule has 0 spiro atoms. The Kier molecular flexibility index (Phi) is 5.00.